The summed E-state index contributed by atoms with van der Waals surface area (Å²) in [5.74, 6) is 3.06. The van der Waals surface area contributed by atoms with Crippen molar-refractivity contribution in [1.82, 2.24) is 0 Å². The molecule has 1 unspecified atom stereocenters. The third kappa shape index (κ3) is 1.62. The Morgan fingerprint density at radius 1 is 1.43 bits per heavy atom. The smallest absolute Gasteiger partial charge is 0.123 e. The molecule has 0 spiro atoms. The zero-order valence-electron chi connectivity index (χ0n) is 8.32. The molecule has 2 nitrogen and oxygen atoms in total. The summed E-state index contributed by atoms with van der Waals surface area (Å²) in [6.45, 7) is 0. The van der Waals surface area contributed by atoms with Crippen LogP contribution in [0.3, 0.4) is 0 Å². The van der Waals surface area contributed by atoms with E-state index in [-0.39, 0.29) is 5.54 Å². The molecular weight excluding hydrogens is 194 g/mol. The topological polar surface area (TPSA) is 35.2 Å². The van der Waals surface area contributed by atoms with Crippen molar-refractivity contribution in [3.63, 3.8) is 0 Å². The molecule has 1 atom stereocenters. The Labute approximate surface area is 88.8 Å². The van der Waals surface area contributed by atoms with Crippen LogP contribution in [-0.4, -0.2) is 18.6 Å². The normalized spacial score (nSPS) is 26.4. The Balaban J connectivity index is 2.39. The second-order valence-electron chi connectivity index (χ2n) is 3.66. The predicted octanol–water partition coefficient (Wildman–Crippen LogP) is 1.99. The zero-order valence-corrected chi connectivity index (χ0v) is 9.14. The van der Waals surface area contributed by atoms with Gasteiger partial charge in [-0.2, -0.15) is 11.8 Å². The van der Waals surface area contributed by atoms with Crippen molar-refractivity contribution in [2.24, 2.45) is 5.73 Å². The van der Waals surface area contributed by atoms with Gasteiger partial charge in [-0.3, -0.25) is 0 Å². The lowest BCUT2D eigenvalue weighted by Gasteiger charge is -2.25. The second-order valence-corrected chi connectivity index (χ2v) is 4.76. The molecule has 0 bridgehead atoms. The van der Waals surface area contributed by atoms with E-state index in [2.05, 4.69) is 6.07 Å². The summed E-state index contributed by atoms with van der Waals surface area (Å²) in [6, 6.07) is 8.06. The van der Waals surface area contributed by atoms with Crippen molar-refractivity contribution >= 4 is 11.8 Å². The van der Waals surface area contributed by atoms with Crippen molar-refractivity contribution in [2.45, 2.75) is 12.0 Å². The van der Waals surface area contributed by atoms with Crippen molar-refractivity contribution in [1.29, 1.82) is 0 Å². The number of para-hydroxylation sites is 1. The fraction of sp³-hybridized carbons (Fsp3) is 0.455. The summed E-state index contributed by atoms with van der Waals surface area (Å²) in [6.07, 6.45) is 1.04. The molecule has 1 saturated heterocycles. The summed E-state index contributed by atoms with van der Waals surface area (Å²) in [5.41, 5.74) is 7.32. The van der Waals surface area contributed by atoms with E-state index in [4.69, 9.17) is 10.5 Å². The van der Waals surface area contributed by atoms with E-state index in [0.717, 1.165) is 29.2 Å². The fourth-order valence-electron chi connectivity index (χ4n) is 1.85. The molecular formula is C11H15NOS. The minimum absolute atomic E-state index is 0.183. The highest BCUT2D eigenvalue weighted by Crippen LogP contribution is 2.38. The van der Waals surface area contributed by atoms with E-state index < -0.39 is 0 Å². The highest BCUT2D eigenvalue weighted by atomic mass is 32.2. The lowest BCUT2D eigenvalue weighted by molar-refractivity contribution is 0.389. The Morgan fingerprint density at radius 2 is 2.21 bits per heavy atom. The third-order valence-electron chi connectivity index (χ3n) is 2.70. The van der Waals surface area contributed by atoms with E-state index in [1.807, 2.05) is 30.0 Å². The van der Waals surface area contributed by atoms with Crippen LogP contribution in [0.2, 0.25) is 0 Å². The van der Waals surface area contributed by atoms with E-state index in [9.17, 15) is 0 Å². The molecule has 2 N–H and O–H groups in total. The first-order chi connectivity index (χ1) is 6.76. The predicted molar refractivity (Wildman–Crippen MR) is 60.8 cm³/mol. The van der Waals surface area contributed by atoms with Crippen LogP contribution in [0.1, 0.15) is 12.0 Å². The average Bonchev–Trinajstić information content (AvgIpc) is 2.66. The summed E-state index contributed by atoms with van der Waals surface area (Å²) in [7, 11) is 1.70. The lowest BCUT2D eigenvalue weighted by Crippen LogP contribution is -2.36. The highest BCUT2D eigenvalue weighted by Gasteiger charge is 2.33. The summed E-state index contributed by atoms with van der Waals surface area (Å²) in [4.78, 5) is 0. The first-order valence-electron chi connectivity index (χ1n) is 4.76. The van der Waals surface area contributed by atoms with Crippen LogP contribution in [-0.2, 0) is 5.54 Å². The van der Waals surface area contributed by atoms with Crippen LogP contribution in [0.25, 0.3) is 0 Å². The van der Waals surface area contributed by atoms with Gasteiger partial charge in [-0.15, -0.1) is 0 Å². The number of nitrogens with two attached hydrogens (primary N) is 1. The maximum Gasteiger partial charge on any atom is 0.123 e. The highest BCUT2D eigenvalue weighted by molar-refractivity contribution is 7.99. The maximum absolute atomic E-state index is 6.36. The van der Waals surface area contributed by atoms with Gasteiger partial charge in [0.05, 0.1) is 12.6 Å². The number of thioether (sulfide) groups is 1. The summed E-state index contributed by atoms with van der Waals surface area (Å²) < 4.78 is 5.33. The van der Waals surface area contributed by atoms with Crippen molar-refractivity contribution in [2.75, 3.05) is 18.6 Å². The van der Waals surface area contributed by atoms with Crippen LogP contribution >= 0.6 is 11.8 Å². The summed E-state index contributed by atoms with van der Waals surface area (Å²) in [5, 5.41) is 0. The minimum Gasteiger partial charge on any atom is -0.496 e. The van der Waals surface area contributed by atoms with Gasteiger partial charge in [-0.25, -0.2) is 0 Å². The number of hydrogen-bond acceptors (Lipinski definition) is 3. The van der Waals surface area contributed by atoms with Gasteiger partial charge < -0.3 is 10.5 Å². The lowest BCUT2D eigenvalue weighted by atomic mass is 9.90. The van der Waals surface area contributed by atoms with Crippen LogP contribution in [0, 0.1) is 0 Å². The molecule has 2 rings (SSSR count). The molecule has 0 aromatic heterocycles. The van der Waals surface area contributed by atoms with Crippen LogP contribution in [0.5, 0.6) is 5.75 Å². The second kappa shape index (κ2) is 3.83. The van der Waals surface area contributed by atoms with E-state index in [0.29, 0.717) is 0 Å². The van der Waals surface area contributed by atoms with Crippen molar-refractivity contribution in [3.8, 4) is 5.75 Å². The number of rotatable bonds is 2. The Bertz CT molecular complexity index is 321. The molecule has 1 aromatic carbocycles. The van der Waals surface area contributed by atoms with Gasteiger partial charge in [0.25, 0.3) is 0 Å². The number of hydrogen-bond donors (Lipinski definition) is 1. The molecule has 14 heavy (non-hydrogen) atoms. The molecule has 76 valence electrons. The molecule has 0 amide bonds. The third-order valence-corrected chi connectivity index (χ3v) is 3.91. The van der Waals surface area contributed by atoms with Gasteiger partial charge in [-0.1, -0.05) is 18.2 Å². The number of methoxy groups -OCH3 is 1. The molecule has 0 aliphatic carbocycles. The van der Waals surface area contributed by atoms with Crippen LogP contribution in [0.4, 0.5) is 0 Å². The van der Waals surface area contributed by atoms with Crippen molar-refractivity contribution < 1.29 is 4.74 Å². The largest absolute Gasteiger partial charge is 0.496 e. The molecule has 3 heteroatoms. The Kier molecular flexibility index (Phi) is 2.70. The van der Waals surface area contributed by atoms with Gasteiger partial charge in [-0.05, 0) is 18.2 Å². The van der Waals surface area contributed by atoms with Gasteiger partial charge in [0, 0.05) is 11.3 Å². The molecule has 0 saturated carbocycles. The zero-order chi connectivity index (χ0) is 10.0. The van der Waals surface area contributed by atoms with E-state index in [1.54, 1.807) is 7.11 Å². The quantitative estimate of drug-likeness (QED) is 0.809. The molecule has 1 heterocycles. The van der Waals surface area contributed by atoms with Gasteiger partial charge in [0.1, 0.15) is 5.75 Å². The molecule has 1 aliphatic rings. The molecule has 1 fully saturated rings. The number of benzene rings is 1. The fourth-order valence-corrected chi connectivity index (χ4v) is 3.17. The van der Waals surface area contributed by atoms with E-state index in [1.165, 1.54) is 0 Å². The van der Waals surface area contributed by atoms with Crippen LogP contribution < -0.4 is 10.5 Å². The maximum atomic E-state index is 6.36. The SMILES string of the molecule is COc1ccccc1C1(N)CCSC1. The van der Waals surface area contributed by atoms with Gasteiger partial charge in [0.2, 0.25) is 0 Å². The first kappa shape index (κ1) is 9.87. The average molecular weight is 209 g/mol. The molecule has 1 aromatic rings. The first-order valence-corrected chi connectivity index (χ1v) is 5.92. The molecule has 1 aliphatic heterocycles. The Hall–Kier alpha value is -0.670. The molecule has 0 radical (unpaired) electrons. The standard InChI is InChI=1S/C11H15NOS/c1-13-10-5-3-2-4-9(10)11(12)6-7-14-8-11/h2-5H,6-8,12H2,1H3. The minimum atomic E-state index is -0.183. The Morgan fingerprint density at radius 3 is 2.86 bits per heavy atom. The van der Waals surface area contributed by atoms with Gasteiger partial charge in [0.15, 0.2) is 0 Å². The van der Waals surface area contributed by atoms with Crippen molar-refractivity contribution in [3.05, 3.63) is 29.8 Å². The van der Waals surface area contributed by atoms with E-state index >= 15 is 0 Å². The number of ether oxygens (including phenoxy) is 1. The van der Waals surface area contributed by atoms with Gasteiger partial charge >= 0.3 is 0 Å². The monoisotopic (exact) mass is 209 g/mol. The summed E-state index contributed by atoms with van der Waals surface area (Å²) >= 11 is 1.91. The van der Waals surface area contributed by atoms with Crippen LogP contribution in [0.15, 0.2) is 24.3 Å².